The molecule has 28 heavy (non-hydrogen) atoms. The smallest absolute Gasteiger partial charge is 0.423 e. The minimum absolute atomic E-state index is 0.196. The van der Waals surface area contributed by atoms with Crippen LogP contribution in [0.3, 0.4) is 0 Å². The Kier molecular flexibility index (Phi) is 7.66. The zero-order valence-corrected chi connectivity index (χ0v) is 16.9. The van der Waals surface area contributed by atoms with Crippen molar-refractivity contribution >= 4 is 11.6 Å². The molecule has 4 nitrogen and oxygen atoms in total. The minimum Gasteiger partial charge on any atom is -0.477 e. The lowest BCUT2D eigenvalue weighted by Crippen LogP contribution is -2.21. The van der Waals surface area contributed by atoms with Crippen molar-refractivity contribution in [2.45, 2.75) is 59.1 Å². The first-order chi connectivity index (χ1) is 13.3. The van der Waals surface area contributed by atoms with Crippen LogP contribution in [0.25, 0.3) is 0 Å². The van der Waals surface area contributed by atoms with Gasteiger partial charge >= 0.3 is 6.18 Å². The van der Waals surface area contributed by atoms with Gasteiger partial charge in [-0.2, -0.15) is 18.2 Å². The molecule has 2 rings (SSSR count). The Morgan fingerprint density at radius 3 is 2.50 bits per heavy atom. The monoisotopic (exact) mass is 395 g/mol. The number of nitrogens with zero attached hydrogens (tertiary/aromatic N) is 3. The molecule has 0 bridgehead atoms. The van der Waals surface area contributed by atoms with Crippen molar-refractivity contribution < 1.29 is 17.9 Å². The third-order valence-corrected chi connectivity index (χ3v) is 4.44. The van der Waals surface area contributed by atoms with Gasteiger partial charge in [0, 0.05) is 18.4 Å². The number of ether oxygens (including phenoxy) is 1. The second-order valence-electron chi connectivity index (χ2n) is 6.94. The molecule has 0 saturated carbocycles. The van der Waals surface area contributed by atoms with Crippen molar-refractivity contribution in [1.29, 1.82) is 0 Å². The molecular formula is C21H28F3N3O. The Balaban J connectivity index is 2.38. The van der Waals surface area contributed by atoms with E-state index in [4.69, 9.17) is 4.74 Å². The highest BCUT2D eigenvalue weighted by Crippen LogP contribution is 2.36. The lowest BCUT2D eigenvalue weighted by molar-refractivity contribution is -0.139. The van der Waals surface area contributed by atoms with Crippen LogP contribution in [0.1, 0.15) is 64.0 Å². The molecule has 0 N–H and O–H groups in total. The van der Waals surface area contributed by atoms with Gasteiger partial charge in [0.2, 0.25) is 11.8 Å². The Bertz CT molecular complexity index is 763. The van der Waals surface area contributed by atoms with Crippen molar-refractivity contribution in [3.05, 3.63) is 41.6 Å². The summed E-state index contributed by atoms with van der Waals surface area (Å²) in [5, 5.41) is 0. The SMILES string of the molecule is CCCCCOc1nc(N(CC)c2cccc(C(C)C)c2)ncc1C(F)(F)F. The first kappa shape index (κ1) is 22.0. The summed E-state index contributed by atoms with van der Waals surface area (Å²) >= 11 is 0. The van der Waals surface area contributed by atoms with Crippen LogP contribution in [0, 0.1) is 0 Å². The number of aromatic nitrogens is 2. The van der Waals surface area contributed by atoms with E-state index in [2.05, 4.69) is 23.8 Å². The average molecular weight is 395 g/mol. The molecule has 0 aliphatic carbocycles. The maximum absolute atomic E-state index is 13.3. The molecule has 1 aromatic carbocycles. The third kappa shape index (κ3) is 5.59. The molecule has 0 fully saturated rings. The normalized spacial score (nSPS) is 11.7. The molecule has 0 saturated heterocycles. The molecule has 2 aromatic rings. The van der Waals surface area contributed by atoms with Crippen molar-refractivity contribution in [3.8, 4) is 5.88 Å². The third-order valence-electron chi connectivity index (χ3n) is 4.44. The molecule has 1 heterocycles. The largest absolute Gasteiger partial charge is 0.477 e. The van der Waals surface area contributed by atoms with E-state index in [1.165, 1.54) is 0 Å². The van der Waals surface area contributed by atoms with E-state index in [1.807, 2.05) is 38.1 Å². The van der Waals surface area contributed by atoms with E-state index < -0.39 is 17.6 Å². The summed E-state index contributed by atoms with van der Waals surface area (Å²) in [4.78, 5) is 9.90. The van der Waals surface area contributed by atoms with Crippen LogP contribution in [-0.4, -0.2) is 23.1 Å². The van der Waals surface area contributed by atoms with Crippen LogP contribution in [-0.2, 0) is 6.18 Å². The van der Waals surface area contributed by atoms with Gasteiger partial charge in [0.1, 0.15) is 5.56 Å². The first-order valence-electron chi connectivity index (χ1n) is 9.72. The maximum Gasteiger partial charge on any atom is 0.423 e. The maximum atomic E-state index is 13.3. The van der Waals surface area contributed by atoms with Gasteiger partial charge in [-0.1, -0.05) is 45.7 Å². The molecule has 7 heteroatoms. The second kappa shape index (κ2) is 9.75. The number of hydrogen-bond donors (Lipinski definition) is 0. The van der Waals surface area contributed by atoms with Crippen molar-refractivity contribution in [2.24, 2.45) is 0 Å². The van der Waals surface area contributed by atoms with E-state index in [9.17, 15) is 13.2 Å². The van der Waals surface area contributed by atoms with E-state index in [-0.39, 0.29) is 12.6 Å². The predicted octanol–water partition coefficient (Wildman–Crippen LogP) is 6.35. The Hall–Kier alpha value is -2.31. The summed E-state index contributed by atoms with van der Waals surface area (Å²) < 4.78 is 45.4. The minimum atomic E-state index is -4.56. The quantitative estimate of drug-likeness (QED) is 0.464. The molecule has 0 aliphatic rings. The zero-order valence-electron chi connectivity index (χ0n) is 16.9. The molecule has 0 amide bonds. The molecule has 0 spiro atoms. The van der Waals surface area contributed by atoms with Gasteiger partial charge in [0.25, 0.3) is 0 Å². The van der Waals surface area contributed by atoms with Gasteiger partial charge in [0.15, 0.2) is 0 Å². The Labute approximate surface area is 164 Å². The second-order valence-corrected chi connectivity index (χ2v) is 6.94. The number of hydrogen-bond acceptors (Lipinski definition) is 4. The van der Waals surface area contributed by atoms with Crippen LogP contribution in [0.2, 0.25) is 0 Å². The molecular weight excluding hydrogens is 367 g/mol. The topological polar surface area (TPSA) is 38.2 Å². The number of anilines is 2. The molecule has 0 atom stereocenters. The molecule has 154 valence electrons. The molecule has 0 aliphatic heterocycles. The van der Waals surface area contributed by atoms with Crippen molar-refractivity contribution in [3.63, 3.8) is 0 Å². The molecule has 1 aromatic heterocycles. The van der Waals surface area contributed by atoms with Crippen LogP contribution < -0.4 is 9.64 Å². The van der Waals surface area contributed by atoms with Gasteiger partial charge in [-0.25, -0.2) is 4.98 Å². The van der Waals surface area contributed by atoms with Crippen molar-refractivity contribution in [2.75, 3.05) is 18.1 Å². The van der Waals surface area contributed by atoms with Gasteiger partial charge in [-0.3, -0.25) is 0 Å². The summed E-state index contributed by atoms with van der Waals surface area (Å²) in [6, 6.07) is 7.87. The number of alkyl halides is 3. The summed E-state index contributed by atoms with van der Waals surface area (Å²) in [6.45, 7) is 8.82. The van der Waals surface area contributed by atoms with Crippen LogP contribution in [0.15, 0.2) is 30.5 Å². The van der Waals surface area contributed by atoms with Gasteiger partial charge in [0.05, 0.1) is 6.61 Å². The zero-order chi connectivity index (χ0) is 20.7. The fourth-order valence-corrected chi connectivity index (χ4v) is 2.80. The average Bonchev–Trinajstić information content (AvgIpc) is 2.65. The predicted molar refractivity (Wildman–Crippen MR) is 105 cm³/mol. The number of unbranched alkanes of at least 4 members (excludes halogenated alkanes) is 2. The van der Waals surface area contributed by atoms with E-state index in [1.54, 1.807) is 4.90 Å². The summed E-state index contributed by atoms with van der Waals surface area (Å²) in [5.74, 6) is 0.124. The molecule has 0 radical (unpaired) electrons. The fraction of sp³-hybridized carbons (Fsp3) is 0.524. The van der Waals surface area contributed by atoms with E-state index in [0.29, 0.717) is 18.9 Å². The van der Waals surface area contributed by atoms with E-state index >= 15 is 0 Å². The lowest BCUT2D eigenvalue weighted by atomic mass is 10.0. The van der Waals surface area contributed by atoms with Crippen LogP contribution in [0.4, 0.5) is 24.8 Å². The highest BCUT2D eigenvalue weighted by Gasteiger charge is 2.36. The van der Waals surface area contributed by atoms with Crippen LogP contribution >= 0.6 is 0 Å². The Morgan fingerprint density at radius 2 is 1.89 bits per heavy atom. The number of benzene rings is 1. The highest BCUT2D eigenvalue weighted by molar-refractivity contribution is 5.59. The first-order valence-corrected chi connectivity index (χ1v) is 9.72. The van der Waals surface area contributed by atoms with Gasteiger partial charge < -0.3 is 9.64 Å². The fourth-order valence-electron chi connectivity index (χ4n) is 2.80. The van der Waals surface area contributed by atoms with Crippen LogP contribution in [0.5, 0.6) is 5.88 Å². The van der Waals surface area contributed by atoms with Gasteiger partial charge in [-0.05, 0) is 37.0 Å². The van der Waals surface area contributed by atoms with Gasteiger partial charge in [-0.15, -0.1) is 0 Å². The highest BCUT2D eigenvalue weighted by atomic mass is 19.4. The molecule has 0 unspecified atom stereocenters. The lowest BCUT2D eigenvalue weighted by Gasteiger charge is -2.23. The standard InChI is InChI=1S/C21H28F3N3O/c1-5-7-8-12-28-19-18(21(22,23)24)14-25-20(26-19)27(6-2)17-11-9-10-16(13-17)15(3)4/h9-11,13-15H,5-8,12H2,1-4H3. The summed E-state index contributed by atoms with van der Waals surface area (Å²) in [6.07, 6.45) is -1.22. The Morgan fingerprint density at radius 1 is 1.14 bits per heavy atom. The number of rotatable bonds is 9. The van der Waals surface area contributed by atoms with E-state index in [0.717, 1.165) is 30.3 Å². The summed E-state index contributed by atoms with van der Waals surface area (Å²) in [7, 11) is 0. The van der Waals surface area contributed by atoms with Crippen molar-refractivity contribution in [1.82, 2.24) is 9.97 Å². The summed E-state index contributed by atoms with van der Waals surface area (Å²) in [5.41, 5.74) is 1.03. The number of halogens is 3.